The van der Waals surface area contributed by atoms with E-state index >= 15 is 0 Å². The average Bonchev–Trinajstić information content (AvgIpc) is 2.97. The van der Waals surface area contributed by atoms with E-state index in [0.29, 0.717) is 24.3 Å². The van der Waals surface area contributed by atoms with E-state index in [0.717, 1.165) is 64.1 Å². The van der Waals surface area contributed by atoms with Gasteiger partial charge in [0.15, 0.2) is 0 Å². The second kappa shape index (κ2) is 8.32. The minimum Gasteiger partial charge on any atom is -0.396 e. The fraction of sp³-hybridized carbons (Fsp3) is 0.789. The molecule has 25 heavy (non-hydrogen) atoms. The zero-order valence-electron chi connectivity index (χ0n) is 15.6. The van der Waals surface area contributed by atoms with Crippen molar-refractivity contribution in [2.75, 3.05) is 26.2 Å². The largest absolute Gasteiger partial charge is 0.396 e. The first-order valence-electron chi connectivity index (χ1n) is 9.79. The Morgan fingerprint density at radius 3 is 2.88 bits per heavy atom. The predicted molar refractivity (Wildman–Crippen MR) is 97.1 cm³/mol. The van der Waals surface area contributed by atoms with E-state index in [-0.39, 0.29) is 6.61 Å². The molecule has 0 aromatic carbocycles. The molecule has 6 nitrogen and oxygen atoms in total. The van der Waals surface area contributed by atoms with E-state index in [2.05, 4.69) is 28.6 Å². The van der Waals surface area contributed by atoms with E-state index in [1.807, 2.05) is 0 Å². The maximum Gasteiger partial charge on any atom is 0.222 e. The minimum atomic E-state index is 0.215. The van der Waals surface area contributed by atoms with Crippen LogP contribution in [0.2, 0.25) is 0 Å². The lowest BCUT2D eigenvalue weighted by atomic mass is 9.83. The first-order chi connectivity index (χ1) is 12.1. The van der Waals surface area contributed by atoms with Crippen molar-refractivity contribution in [3.63, 3.8) is 0 Å². The Kier molecular flexibility index (Phi) is 6.12. The molecule has 2 aliphatic rings. The fourth-order valence-electron chi connectivity index (χ4n) is 4.35. The van der Waals surface area contributed by atoms with Crippen LogP contribution in [0, 0.1) is 12.8 Å². The molecule has 0 spiro atoms. The molecule has 1 aromatic heterocycles. The lowest BCUT2D eigenvalue weighted by molar-refractivity contribution is -0.141. The maximum absolute atomic E-state index is 12.3. The summed E-state index contributed by atoms with van der Waals surface area (Å²) in [6.07, 6.45) is 5.37. The van der Waals surface area contributed by atoms with Gasteiger partial charge >= 0.3 is 0 Å². The molecule has 3 heterocycles. The van der Waals surface area contributed by atoms with Crippen LogP contribution in [0.25, 0.3) is 0 Å². The van der Waals surface area contributed by atoms with Gasteiger partial charge in [-0.1, -0.05) is 6.92 Å². The number of imidazole rings is 1. The lowest BCUT2D eigenvalue weighted by Gasteiger charge is -2.47. The molecule has 3 rings (SSSR count). The fourth-order valence-corrected chi connectivity index (χ4v) is 4.35. The van der Waals surface area contributed by atoms with Crippen molar-refractivity contribution < 1.29 is 9.90 Å². The highest BCUT2D eigenvalue weighted by Gasteiger charge is 2.39. The smallest absolute Gasteiger partial charge is 0.222 e. The van der Waals surface area contributed by atoms with Crippen LogP contribution >= 0.6 is 0 Å². The van der Waals surface area contributed by atoms with Crippen molar-refractivity contribution in [3.8, 4) is 0 Å². The number of piperidine rings is 2. The van der Waals surface area contributed by atoms with Crippen LogP contribution in [0.1, 0.15) is 56.2 Å². The Hall–Kier alpha value is -1.40. The summed E-state index contributed by atoms with van der Waals surface area (Å²) in [5.74, 6) is 1.95. The summed E-state index contributed by atoms with van der Waals surface area (Å²) in [4.78, 5) is 25.0. The second-order valence-corrected chi connectivity index (χ2v) is 7.52. The van der Waals surface area contributed by atoms with Crippen LogP contribution in [-0.4, -0.2) is 63.1 Å². The zero-order chi connectivity index (χ0) is 17.8. The molecular weight excluding hydrogens is 316 g/mol. The number of aliphatic hydroxyl groups excluding tert-OH is 1. The van der Waals surface area contributed by atoms with Gasteiger partial charge in [-0.15, -0.1) is 0 Å². The molecular formula is C19H32N4O2. The van der Waals surface area contributed by atoms with Crippen LogP contribution in [-0.2, 0) is 17.8 Å². The van der Waals surface area contributed by atoms with Crippen molar-refractivity contribution in [3.05, 3.63) is 17.2 Å². The van der Waals surface area contributed by atoms with Crippen LogP contribution in [0.15, 0.2) is 0 Å². The van der Waals surface area contributed by atoms with Gasteiger partial charge in [0.05, 0.1) is 5.69 Å². The van der Waals surface area contributed by atoms with Crippen molar-refractivity contribution >= 4 is 5.91 Å². The zero-order valence-corrected chi connectivity index (χ0v) is 15.6. The number of aromatic nitrogens is 2. The Morgan fingerprint density at radius 1 is 1.32 bits per heavy atom. The summed E-state index contributed by atoms with van der Waals surface area (Å²) in [6, 6.07) is 0.391. The van der Waals surface area contributed by atoms with E-state index in [1.54, 1.807) is 0 Å². The highest BCUT2D eigenvalue weighted by Crippen LogP contribution is 2.32. The van der Waals surface area contributed by atoms with Gasteiger partial charge in [0.2, 0.25) is 5.91 Å². The molecule has 140 valence electrons. The number of amides is 1. The molecule has 2 fully saturated rings. The summed E-state index contributed by atoms with van der Waals surface area (Å²) in [6.45, 7) is 8.24. The Morgan fingerprint density at radius 2 is 2.16 bits per heavy atom. The van der Waals surface area contributed by atoms with E-state index < -0.39 is 0 Å². The molecule has 0 bridgehead atoms. The van der Waals surface area contributed by atoms with Crippen LogP contribution in [0.5, 0.6) is 0 Å². The number of nitrogens with one attached hydrogen (secondary N) is 1. The Labute approximate surface area is 150 Å². The average molecular weight is 348 g/mol. The highest BCUT2D eigenvalue weighted by molar-refractivity contribution is 5.77. The lowest BCUT2D eigenvalue weighted by Crippen LogP contribution is -2.56. The van der Waals surface area contributed by atoms with E-state index in [1.165, 1.54) is 11.4 Å². The SMILES string of the molecule is CCc1nc(CN2CC[C@@H]3[C@@H](CCC(=O)N3CCCCO)C2)c(C)[nH]1. The first kappa shape index (κ1) is 18.4. The Balaban J connectivity index is 1.59. The first-order valence-corrected chi connectivity index (χ1v) is 9.79. The van der Waals surface area contributed by atoms with Gasteiger partial charge in [0, 0.05) is 57.4 Å². The topological polar surface area (TPSA) is 72.5 Å². The summed E-state index contributed by atoms with van der Waals surface area (Å²) in [5.41, 5.74) is 2.35. The number of aryl methyl sites for hydroxylation is 2. The van der Waals surface area contributed by atoms with Gasteiger partial charge in [-0.05, 0) is 38.5 Å². The quantitative estimate of drug-likeness (QED) is 0.738. The molecule has 2 atom stereocenters. The van der Waals surface area contributed by atoms with Crippen molar-refractivity contribution in [1.29, 1.82) is 0 Å². The number of rotatable bonds is 7. The van der Waals surface area contributed by atoms with E-state index in [9.17, 15) is 4.79 Å². The van der Waals surface area contributed by atoms with Gasteiger partial charge < -0.3 is 15.0 Å². The normalized spacial score (nSPS) is 24.6. The third-order valence-corrected chi connectivity index (χ3v) is 5.78. The number of carbonyl (C=O) groups is 1. The number of hydrogen-bond donors (Lipinski definition) is 2. The maximum atomic E-state index is 12.3. The molecule has 2 N–H and O–H groups in total. The van der Waals surface area contributed by atoms with Crippen LogP contribution in [0.3, 0.4) is 0 Å². The van der Waals surface area contributed by atoms with Gasteiger partial charge in [-0.2, -0.15) is 0 Å². The molecule has 0 unspecified atom stereocenters. The van der Waals surface area contributed by atoms with Crippen LogP contribution < -0.4 is 0 Å². The summed E-state index contributed by atoms with van der Waals surface area (Å²) in [7, 11) is 0. The monoisotopic (exact) mass is 348 g/mol. The van der Waals surface area contributed by atoms with Crippen molar-refractivity contribution in [2.45, 2.75) is 65.0 Å². The number of H-pyrrole nitrogens is 1. The minimum absolute atomic E-state index is 0.215. The number of hydrogen-bond acceptors (Lipinski definition) is 4. The van der Waals surface area contributed by atoms with Gasteiger partial charge in [0.25, 0.3) is 0 Å². The third-order valence-electron chi connectivity index (χ3n) is 5.78. The number of unbranched alkanes of at least 4 members (excludes halogenated alkanes) is 1. The number of carbonyl (C=O) groups excluding carboxylic acids is 1. The number of aromatic amines is 1. The van der Waals surface area contributed by atoms with E-state index in [4.69, 9.17) is 10.1 Å². The van der Waals surface area contributed by atoms with Gasteiger partial charge in [-0.25, -0.2) is 4.98 Å². The molecule has 0 saturated carbocycles. The highest BCUT2D eigenvalue weighted by atomic mass is 16.3. The number of aliphatic hydroxyl groups is 1. The molecule has 2 saturated heterocycles. The number of likely N-dealkylation sites (tertiary alicyclic amines) is 2. The Bertz CT molecular complexity index is 586. The number of fused-ring (bicyclic) bond motifs is 1. The predicted octanol–water partition coefficient (Wildman–Crippen LogP) is 1.87. The van der Waals surface area contributed by atoms with Gasteiger partial charge in [-0.3, -0.25) is 9.69 Å². The molecule has 2 aliphatic heterocycles. The summed E-state index contributed by atoms with van der Waals surface area (Å²) >= 11 is 0. The second-order valence-electron chi connectivity index (χ2n) is 7.52. The molecule has 6 heteroatoms. The molecule has 0 aliphatic carbocycles. The van der Waals surface area contributed by atoms with Gasteiger partial charge in [0.1, 0.15) is 5.82 Å². The standard InChI is InChI=1S/C19H32N4O2/c1-3-18-20-14(2)16(21-18)13-22-10-8-17-15(12-22)6-7-19(25)23(17)9-4-5-11-24/h15,17,24H,3-13H2,1-2H3,(H,20,21)/t15-,17+/m0/s1. The number of nitrogens with zero attached hydrogens (tertiary/aromatic N) is 3. The summed E-state index contributed by atoms with van der Waals surface area (Å²) in [5, 5.41) is 8.99. The molecule has 1 aromatic rings. The third kappa shape index (κ3) is 4.23. The molecule has 1 amide bonds. The van der Waals surface area contributed by atoms with Crippen molar-refractivity contribution in [2.24, 2.45) is 5.92 Å². The molecule has 0 radical (unpaired) electrons. The van der Waals surface area contributed by atoms with Crippen LogP contribution in [0.4, 0.5) is 0 Å². The van der Waals surface area contributed by atoms with Crippen molar-refractivity contribution in [1.82, 2.24) is 19.8 Å². The summed E-state index contributed by atoms with van der Waals surface area (Å²) < 4.78 is 0.